The number of hydrogen-bond donors (Lipinski definition) is 2. The van der Waals surface area contributed by atoms with Gasteiger partial charge in [-0.15, -0.1) is 12.4 Å². The molecule has 1 heterocycles. The fourth-order valence-electron chi connectivity index (χ4n) is 2.31. The van der Waals surface area contributed by atoms with E-state index in [0.29, 0.717) is 18.2 Å². The summed E-state index contributed by atoms with van der Waals surface area (Å²) in [6.07, 6.45) is 1.07. The lowest BCUT2D eigenvalue weighted by molar-refractivity contribution is -0.122. The average Bonchev–Trinajstić information content (AvgIpc) is 2.85. The van der Waals surface area contributed by atoms with Gasteiger partial charge in [0.05, 0.1) is 6.54 Å². The number of benzene rings is 1. The van der Waals surface area contributed by atoms with E-state index in [-0.39, 0.29) is 30.7 Å². The Balaban J connectivity index is 0.00000200. The van der Waals surface area contributed by atoms with Gasteiger partial charge in [-0.3, -0.25) is 9.69 Å². The fourth-order valence-corrected chi connectivity index (χ4v) is 2.31. The van der Waals surface area contributed by atoms with Crippen molar-refractivity contribution in [1.29, 1.82) is 0 Å². The highest BCUT2D eigenvalue weighted by Crippen LogP contribution is 2.08. The van der Waals surface area contributed by atoms with E-state index in [1.165, 1.54) is 6.07 Å². The summed E-state index contributed by atoms with van der Waals surface area (Å²) in [5, 5.41) is 5.97. The fraction of sp³-hybridized carbons (Fsp3) is 0.500. The standard InChI is InChI=1S/C14H20FN3O.ClH/c1-16-12-6-7-18(9-12)10-14(19)17-8-11-4-2-3-5-13(11)15;/h2-5,12,16H,6-10H2,1H3,(H,17,19);1H. The number of nitrogens with one attached hydrogen (secondary N) is 2. The van der Waals surface area contributed by atoms with Gasteiger partial charge in [-0.2, -0.15) is 0 Å². The van der Waals surface area contributed by atoms with E-state index >= 15 is 0 Å². The Morgan fingerprint density at radius 2 is 2.20 bits per heavy atom. The summed E-state index contributed by atoms with van der Waals surface area (Å²) in [5.41, 5.74) is 0.519. The van der Waals surface area contributed by atoms with E-state index < -0.39 is 0 Å². The number of hydrogen-bond acceptors (Lipinski definition) is 3. The number of nitrogens with zero attached hydrogens (tertiary/aromatic N) is 1. The maximum atomic E-state index is 13.4. The molecule has 1 unspecified atom stereocenters. The van der Waals surface area contributed by atoms with Crippen molar-refractivity contribution in [3.8, 4) is 0 Å². The highest BCUT2D eigenvalue weighted by atomic mass is 35.5. The molecule has 0 radical (unpaired) electrons. The molecular formula is C14H21ClFN3O. The van der Waals surface area contributed by atoms with Crippen LogP contribution in [-0.4, -0.2) is 43.5 Å². The van der Waals surface area contributed by atoms with Gasteiger partial charge < -0.3 is 10.6 Å². The van der Waals surface area contributed by atoms with Gasteiger partial charge in [-0.1, -0.05) is 18.2 Å². The molecule has 2 rings (SSSR count). The van der Waals surface area contributed by atoms with Gasteiger partial charge in [-0.05, 0) is 19.5 Å². The van der Waals surface area contributed by atoms with E-state index in [4.69, 9.17) is 0 Å². The zero-order chi connectivity index (χ0) is 13.7. The lowest BCUT2D eigenvalue weighted by Crippen LogP contribution is -2.37. The summed E-state index contributed by atoms with van der Waals surface area (Å²) in [6, 6.07) is 6.96. The number of halogens is 2. The van der Waals surface area contributed by atoms with Gasteiger partial charge in [-0.25, -0.2) is 4.39 Å². The molecule has 1 saturated heterocycles. The summed E-state index contributed by atoms with van der Waals surface area (Å²) in [6.45, 7) is 2.45. The van der Waals surface area contributed by atoms with Crippen molar-refractivity contribution in [2.75, 3.05) is 26.7 Å². The first-order chi connectivity index (χ1) is 9.19. The Morgan fingerprint density at radius 1 is 1.45 bits per heavy atom. The highest BCUT2D eigenvalue weighted by molar-refractivity contribution is 5.85. The average molecular weight is 302 g/mol. The molecule has 20 heavy (non-hydrogen) atoms. The number of carbonyl (C=O) groups excluding carboxylic acids is 1. The first-order valence-electron chi connectivity index (χ1n) is 6.58. The summed E-state index contributed by atoms with van der Waals surface area (Å²) in [4.78, 5) is 13.9. The van der Waals surface area contributed by atoms with Gasteiger partial charge in [0.1, 0.15) is 5.82 Å². The van der Waals surface area contributed by atoms with Crippen LogP contribution in [0.3, 0.4) is 0 Å². The van der Waals surface area contributed by atoms with E-state index in [9.17, 15) is 9.18 Å². The molecule has 1 aliphatic rings. The lowest BCUT2D eigenvalue weighted by atomic mass is 10.2. The van der Waals surface area contributed by atoms with Gasteiger partial charge in [0.15, 0.2) is 0 Å². The first kappa shape index (κ1) is 16.9. The van der Waals surface area contributed by atoms with Gasteiger partial charge in [0.2, 0.25) is 5.91 Å². The van der Waals surface area contributed by atoms with E-state index in [2.05, 4.69) is 15.5 Å². The Morgan fingerprint density at radius 3 is 2.85 bits per heavy atom. The van der Waals surface area contributed by atoms with Crippen molar-refractivity contribution in [1.82, 2.24) is 15.5 Å². The van der Waals surface area contributed by atoms with Crippen LogP contribution >= 0.6 is 12.4 Å². The van der Waals surface area contributed by atoms with E-state index in [1.807, 2.05) is 7.05 Å². The zero-order valence-electron chi connectivity index (χ0n) is 11.6. The Bertz CT molecular complexity index is 444. The molecule has 1 atom stereocenters. The van der Waals surface area contributed by atoms with Crippen LogP contribution < -0.4 is 10.6 Å². The largest absolute Gasteiger partial charge is 0.351 e. The molecule has 0 bridgehead atoms. The monoisotopic (exact) mass is 301 g/mol. The third-order valence-electron chi connectivity index (χ3n) is 3.48. The molecule has 0 saturated carbocycles. The van der Waals surface area contributed by atoms with Crippen molar-refractivity contribution < 1.29 is 9.18 Å². The molecule has 1 aromatic rings. The molecule has 2 N–H and O–H groups in total. The van der Waals surface area contributed by atoms with Crippen LogP contribution in [0.15, 0.2) is 24.3 Å². The molecule has 1 aliphatic heterocycles. The SMILES string of the molecule is CNC1CCN(CC(=O)NCc2ccccc2F)C1.Cl. The number of amides is 1. The summed E-state index contributed by atoms with van der Waals surface area (Å²) >= 11 is 0. The summed E-state index contributed by atoms with van der Waals surface area (Å²) < 4.78 is 13.4. The first-order valence-corrected chi connectivity index (χ1v) is 6.58. The Kier molecular flexibility index (Phi) is 6.91. The van der Waals surface area contributed by atoms with Gasteiger partial charge in [0.25, 0.3) is 0 Å². The Hall–Kier alpha value is -1.17. The minimum absolute atomic E-state index is 0. The highest BCUT2D eigenvalue weighted by Gasteiger charge is 2.22. The quantitative estimate of drug-likeness (QED) is 0.858. The van der Waals surface area contributed by atoms with Crippen molar-refractivity contribution in [2.24, 2.45) is 0 Å². The maximum Gasteiger partial charge on any atom is 0.234 e. The minimum atomic E-state index is -0.279. The van der Waals surface area contributed by atoms with Crippen LogP contribution in [-0.2, 0) is 11.3 Å². The summed E-state index contributed by atoms with van der Waals surface area (Å²) in [7, 11) is 1.94. The summed E-state index contributed by atoms with van der Waals surface area (Å²) in [5.74, 6) is -0.334. The molecule has 1 amide bonds. The topological polar surface area (TPSA) is 44.4 Å². The molecule has 0 aromatic heterocycles. The van der Waals surface area contributed by atoms with Crippen LogP contribution in [0.5, 0.6) is 0 Å². The van der Waals surface area contributed by atoms with Crippen molar-refractivity contribution in [2.45, 2.75) is 19.0 Å². The van der Waals surface area contributed by atoms with E-state index in [0.717, 1.165) is 19.5 Å². The molecule has 6 heteroatoms. The zero-order valence-corrected chi connectivity index (χ0v) is 12.4. The smallest absolute Gasteiger partial charge is 0.234 e. The second-order valence-electron chi connectivity index (χ2n) is 4.88. The second kappa shape index (κ2) is 8.19. The molecule has 0 aliphatic carbocycles. The molecule has 1 fully saturated rings. The molecule has 4 nitrogen and oxygen atoms in total. The maximum absolute atomic E-state index is 13.4. The Labute approximate surface area is 125 Å². The third-order valence-corrected chi connectivity index (χ3v) is 3.48. The third kappa shape index (κ3) is 4.74. The van der Waals surface area contributed by atoms with Crippen molar-refractivity contribution in [3.05, 3.63) is 35.6 Å². The van der Waals surface area contributed by atoms with Gasteiger partial charge in [0, 0.05) is 31.2 Å². The normalized spacial score (nSPS) is 18.6. The molecular weight excluding hydrogens is 281 g/mol. The number of likely N-dealkylation sites (N-methyl/N-ethyl adjacent to an activating group) is 1. The van der Waals surface area contributed by atoms with Gasteiger partial charge >= 0.3 is 0 Å². The predicted octanol–water partition coefficient (Wildman–Crippen LogP) is 1.16. The predicted molar refractivity (Wildman–Crippen MR) is 79.4 cm³/mol. The lowest BCUT2D eigenvalue weighted by Gasteiger charge is -2.15. The van der Waals surface area contributed by atoms with Crippen molar-refractivity contribution >= 4 is 18.3 Å². The number of likely N-dealkylation sites (tertiary alicyclic amines) is 1. The van der Waals surface area contributed by atoms with Crippen LogP contribution in [0.4, 0.5) is 4.39 Å². The van der Waals surface area contributed by atoms with Crippen LogP contribution in [0.25, 0.3) is 0 Å². The molecule has 0 spiro atoms. The van der Waals surface area contributed by atoms with E-state index in [1.54, 1.807) is 18.2 Å². The van der Waals surface area contributed by atoms with Crippen LogP contribution in [0, 0.1) is 5.82 Å². The molecule has 112 valence electrons. The second-order valence-corrected chi connectivity index (χ2v) is 4.88. The van der Waals surface area contributed by atoms with Crippen molar-refractivity contribution in [3.63, 3.8) is 0 Å². The number of rotatable bonds is 5. The number of carbonyl (C=O) groups is 1. The minimum Gasteiger partial charge on any atom is -0.351 e. The van der Waals surface area contributed by atoms with Crippen LogP contribution in [0.2, 0.25) is 0 Å². The molecule has 1 aromatic carbocycles. The van der Waals surface area contributed by atoms with Crippen LogP contribution in [0.1, 0.15) is 12.0 Å².